The van der Waals surface area contributed by atoms with E-state index >= 15 is 0 Å². The summed E-state index contributed by atoms with van der Waals surface area (Å²) in [6.45, 7) is 0. The van der Waals surface area contributed by atoms with Crippen molar-refractivity contribution in [3.63, 3.8) is 0 Å². The van der Waals surface area contributed by atoms with Crippen LogP contribution in [0.4, 0.5) is 4.39 Å². The van der Waals surface area contributed by atoms with Gasteiger partial charge in [0, 0.05) is 5.56 Å². The molecule has 5 heteroatoms. The van der Waals surface area contributed by atoms with E-state index < -0.39 is 11.8 Å². The summed E-state index contributed by atoms with van der Waals surface area (Å²) >= 11 is 0. The van der Waals surface area contributed by atoms with E-state index in [0.29, 0.717) is 17.6 Å². The number of carbonyl (C=O) groups is 2. The van der Waals surface area contributed by atoms with Crippen LogP contribution in [0.3, 0.4) is 0 Å². The van der Waals surface area contributed by atoms with E-state index in [0.717, 1.165) is 12.1 Å². The number of methoxy groups -OCH3 is 1. The highest BCUT2D eigenvalue weighted by Crippen LogP contribution is 2.28. The molecule has 0 aliphatic heterocycles. The Balaban J connectivity index is 2.26. The fraction of sp³-hybridized carbons (Fsp3) is 0.0667. The quantitative estimate of drug-likeness (QED) is 0.488. The van der Waals surface area contributed by atoms with Gasteiger partial charge in [0.1, 0.15) is 12.1 Å². The zero-order chi connectivity index (χ0) is 14.5. The summed E-state index contributed by atoms with van der Waals surface area (Å²) in [6, 6.07) is 9.41. The molecule has 0 bridgehead atoms. The standard InChI is InChI=1S/C15H11FO4/c1-19-13-7-2-10(9-17)8-14(13)20-15(18)11-3-5-12(16)6-4-11/h2-9H,1H3. The number of hydrogen-bond acceptors (Lipinski definition) is 4. The van der Waals surface area contributed by atoms with Crippen LogP contribution in [0.15, 0.2) is 42.5 Å². The monoisotopic (exact) mass is 274 g/mol. The Bertz CT molecular complexity index is 635. The molecular weight excluding hydrogens is 263 g/mol. The third-order valence-electron chi connectivity index (χ3n) is 2.61. The summed E-state index contributed by atoms with van der Waals surface area (Å²) in [7, 11) is 1.42. The van der Waals surface area contributed by atoms with E-state index in [4.69, 9.17) is 9.47 Å². The lowest BCUT2D eigenvalue weighted by atomic mass is 10.2. The Hall–Kier alpha value is -2.69. The second kappa shape index (κ2) is 5.97. The van der Waals surface area contributed by atoms with E-state index in [2.05, 4.69) is 0 Å². The van der Waals surface area contributed by atoms with Crippen LogP contribution in [0, 0.1) is 5.82 Å². The third kappa shape index (κ3) is 3.00. The molecule has 0 fully saturated rings. The van der Waals surface area contributed by atoms with Gasteiger partial charge < -0.3 is 9.47 Å². The maximum atomic E-state index is 12.8. The molecule has 0 saturated heterocycles. The lowest BCUT2D eigenvalue weighted by Crippen LogP contribution is -2.09. The van der Waals surface area contributed by atoms with Gasteiger partial charge in [-0.1, -0.05) is 0 Å². The summed E-state index contributed by atoms with van der Waals surface area (Å²) in [5.41, 5.74) is 0.553. The van der Waals surface area contributed by atoms with Gasteiger partial charge in [0.05, 0.1) is 12.7 Å². The molecule has 0 atom stereocenters. The average Bonchev–Trinajstić information content (AvgIpc) is 2.47. The summed E-state index contributed by atoms with van der Waals surface area (Å²) in [5.74, 6) is -0.647. The van der Waals surface area contributed by atoms with Crippen molar-refractivity contribution in [3.8, 4) is 11.5 Å². The summed E-state index contributed by atoms with van der Waals surface area (Å²) in [5, 5.41) is 0. The van der Waals surface area contributed by atoms with Gasteiger partial charge in [-0.2, -0.15) is 0 Å². The number of carbonyl (C=O) groups excluding carboxylic acids is 2. The van der Waals surface area contributed by atoms with Crippen LogP contribution in [0.25, 0.3) is 0 Å². The summed E-state index contributed by atoms with van der Waals surface area (Å²) in [4.78, 5) is 22.6. The van der Waals surface area contributed by atoms with Crippen molar-refractivity contribution in [1.29, 1.82) is 0 Å². The number of ether oxygens (including phenoxy) is 2. The second-order valence-corrected chi connectivity index (χ2v) is 3.92. The van der Waals surface area contributed by atoms with Crippen molar-refractivity contribution in [1.82, 2.24) is 0 Å². The highest BCUT2D eigenvalue weighted by molar-refractivity contribution is 5.91. The van der Waals surface area contributed by atoms with Gasteiger partial charge in [-0.15, -0.1) is 0 Å². The zero-order valence-electron chi connectivity index (χ0n) is 10.6. The van der Waals surface area contributed by atoms with Gasteiger partial charge in [0.2, 0.25) is 0 Å². The van der Waals surface area contributed by atoms with Crippen LogP contribution < -0.4 is 9.47 Å². The number of rotatable bonds is 4. The normalized spacial score (nSPS) is 9.90. The van der Waals surface area contributed by atoms with E-state index in [9.17, 15) is 14.0 Å². The molecule has 102 valence electrons. The summed E-state index contributed by atoms with van der Waals surface area (Å²) in [6.07, 6.45) is 0.634. The third-order valence-corrected chi connectivity index (χ3v) is 2.61. The molecule has 0 radical (unpaired) electrons. The Kier molecular flexibility index (Phi) is 4.10. The Morgan fingerprint density at radius 1 is 1.10 bits per heavy atom. The molecule has 2 aromatic rings. The van der Waals surface area contributed by atoms with Crippen molar-refractivity contribution >= 4 is 12.3 Å². The predicted molar refractivity (Wildman–Crippen MR) is 69.7 cm³/mol. The predicted octanol–water partition coefficient (Wildman–Crippen LogP) is 2.87. The molecule has 0 aliphatic carbocycles. The first-order chi connectivity index (χ1) is 9.63. The van der Waals surface area contributed by atoms with Gasteiger partial charge in [-0.05, 0) is 42.5 Å². The van der Waals surface area contributed by atoms with Crippen molar-refractivity contribution < 1.29 is 23.5 Å². The minimum atomic E-state index is -0.661. The molecule has 0 saturated carbocycles. The first kappa shape index (κ1) is 13.7. The molecule has 0 aliphatic rings. The van der Waals surface area contributed by atoms with Crippen molar-refractivity contribution in [2.24, 2.45) is 0 Å². The van der Waals surface area contributed by atoms with Gasteiger partial charge in [0.25, 0.3) is 0 Å². The molecule has 20 heavy (non-hydrogen) atoms. The minimum Gasteiger partial charge on any atom is -0.493 e. The molecular formula is C15H11FO4. The second-order valence-electron chi connectivity index (χ2n) is 3.92. The largest absolute Gasteiger partial charge is 0.493 e. The molecule has 0 N–H and O–H groups in total. The maximum absolute atomic E-state index is 12.8. The molecule has 0 heterocycles. The molecule has 0 unspecified atom stereocenters. The van der Waals surface area contributed by atoms with Crippen molar-refractivity contribution in [2.75, 3.05) is 7.11 Å². The Labute approximate surface area is 114 Å². The van der Waals surface area contributed by atoms with Crippen molar-refractivity contribution in [2.45, 2.75) is 0 Å². The van der Waals surface area contributed by atoms with Crippen molar-refractivity contribution in [3.05, 3.63) is 59.4 Å². The smallest absolute Gasteiger partial charge is 0.343 e. The first-order valence-corrected chi connectivity index (χ1v) is 5.75. The highest BCUT2D eigenvalue weighted by Gasteiger charge is 2.13. The molecule has 4 nitrogen and oxygen atoms in total. The van der Waals surface area contributed by atoms with E-state index in [1.807, 2.05) is 0 Å². The first-order valence-electron chi connectivity index (χ1n) is 5.75. The van der Waals surface area contributed by atoms with Crippen LogP contribution >= 0.6 is 0 Å². The Morgan fingerprint density at radius 3 is 2.40 bits per heavy atom. The SMILES string of the molecule is COc1ccc(C=O)cc1OC(=O)c1ccc(F)cc1. The highest BCUT2D eigenvalue weighted by atomic mass is 19.1. The fourth-order valence-electron chi connectivity index (χ4n) is 1.59. The van der Waals surface area contributed by atoms with Crippen LogP contribution in [-0.4, -0.2) is 19.4 Å². The van der Waals surface area contributed by atoms with Crippen LogP contribution in [0.2, 0.25) is 0 Å². The molecule has 0 spiro atoms. The maximum Gasteiger partial charge on any atom is 0.343 e. The van der Waals surface area contributed by atoms with Gasteiger partial charge >= 0.3 is 5.97 Å². The summed E-state index contributed by atoms with van der Waals surface area (Å²) < 4.78 is 23.0. The molecule has 0 amide bonds. The fourth-order valence-corrected chi connectivity index (χ4v) is 1.59. The number of benzene rings is 2. The van der Waals surface area contributed by atoms with Crippen LogP contribution in [-0.2, 0) is 0 Å². The lowest BCUT2D eigenvalue weighted by molar-refractivity contribution is 0.0729. The topological polar surface area (TPSA) is 52.6 Å². The Morgan fingerprint density at radius 2 is 1.80 bits per heavy atom. The average molecular weight is 274 g/mol. The number of aldehydes is 1. The van der Waals surface area contributed by atoms with Gasteiger partial charge in [-0.3, -0.25) is 4.79 Å². The van der Waals surface area contributed by atoms with Crippen LogP contribution in [0.5, 0.6) is 11.5 Å². The molecule has 0 aromatic heterocycles. The zero-order valence-corrected chi connectivity index (χ0v) is 10.6. The number of hydrogen-bond donors (Lipinski definition) is 0. The molecule has 2 aromatic carbocycles. The number of halogens is 1. The van der Waals surface area contributed by atoms with Crippen LogP contribution in [0.1, 0.15) is 20.7 Å². The minimum absolute atomic E-state index is 0.131. The van der Waals surface area contributed by atoms with Gasteiger partial charge in [0.15, 0.2) is 11.5 Å². The molecule has 2 rings (SSSR count). The van der Waals surface area contributed by atoms with E-state index in [-0.39, 0.29) is 11.3 Å². The number of esters is 1. The van der Waals surface area contributed by atoms with Gasteiger partial charge in [-0.25, -0.2) is 9.18 Å². The van der Waals surface area contributed by atoms with E-state index in [1.54, 1.807) is 6.07 Å². The lowest BCUT2D eigenvalue weighted by Gasteiger charge is -2.09. The van der Waals surface area contributed by atoms with E-state index in [1.165, 1.54) is 31.4 Å².